The quantitative estimate of drug-likeness (QED) is 0.549. The zero-order valence-corrected chi connectivity index (χ0v) is 7.23. The van der Waals surface area contributed by atoms with Gasteiger partial charge in [0.2, 0.25) is 0 Å². The van der Waals surface area contributed by atoms with Crippen LogP contribution < -0.4 is 11.5 Å². The van der Waals surface area contributed by atoms with Gasteiger partial charge >= 0.3 is 5.97 Å². The first-order valence-electron chi connectivity index (χ1n) is 4.00. The zero-order chi connectivity index (χ0) is 9.84. The highest BCUT2D eigenvalue weighted by molar-refractivity contribution is 5.71. The highest BCUT2D eigenvalue weighted by Gasteiger charge is 2.15. The second kappa shape index (κ2) is 3.91. The van der Waals surface area contributed by atoms with E-state index in [9.17, 15) is 4.79 Å². The minimum Gasteiger partial charge on any atom is -0.477 e. The number of nitrogen functional groups attached to an aromatic ring is 1. The standard InChI is InChI=1S/C9H12N2O2/c10-7-3-1-6(2-4-7)5-8(11)9(12)13/h1-4,8H,5,10-11H2,(H,12,13)/p+1. The zero-order valence-electron chi connectivity index (χ0n) is 7.23. The molecule has 0 aliphatic rings. The topological polar surface area (TPSA) is 91.0 Å². The van der Waals surface area contributed by atoms with Crippen molar-refractivity contribution in [2.75, 3.05) is 5.73 Å². The molecule has 0 saturated heterocycles. The number of nitrogens with two attached hydrogens (primary N) is 1. The van der Waals surface area contributed by atoms with E-state index in [1.54, 1.807) is 12.1 Å². The summed E-state index contributed by atoms with van der Waals surface area (Å²) in [6.07, 6.45) is 0.440. The van der Waals surface area contributed by atoms with Gasteiger partial charge in [0.25, 0.3) is 0 Å². The van der Waals surface area contributed by atoms with E-state index in [2.05, 4.69) is 5.73 Å². The molecule has 4 heteroatoms. The summed E-state index contributed by atoms with van der Waals surface area (Å²) in [5.74, 6) is -0.878. The molecule has 4 nitrogen and oxygen atoms in total. The fourth-order valence-corrected chi connectivity index (χ4v) is 1.03. The van der Waals surface area contributed by atoms with Gasteiger partial charge in [-0.05, 0) is 17.7 Å². The van der Waals surface area contributed by atoms with Crippen molar-refractivity contribution in [3.8, 4) is 0 Å². The smallest absolute Gasteiger partial charge is 0.362 e. The Hall–Kier alpha value is -1.55. The largest absolute Gasteiger partial charge is 0.477 e. The molecule has 0 spiro atoms. The molecule has 0 aliphatic carbocycles. The predicted octanol–water partition coefficient (Wildman–Crippen LogP) is -0.494. The molecule has 0 aliphatic heterocycles. The fourth-order valence-electron chi connectivity index (χ4n) is 1.03. The van der Waals surface area contributed by atoms with Crippen LogP contribution in [0.1, 0.15) is 5.56 Å². The Labute approximate surface area is 76.2 Å². The van der Waals surface area contributed by atoms with E-state index in [-0.39, 0.29) is 0 Å². The average molecular weight is 181 g/mol. The summed E-state index contributed by atoms with van der Waals surface area (Å²) in [5, 5.41) is 8.61. The lowest BCUT2D eigenvalue weighted by Crippen LogP contribution is -2.65. The Morgan fingerprint density at radius 2 is 2.00 bits per heavy atom. The van der Waals surface area contributed by atoms with Gasteiger partial charge in [-0.1, -0.05) is 12.1 Å². The number of quaternary nitrogens is 1. The van der Waals surface area contributed by atoms with E-state index < -0.39 is 12.0 Å². The van der Waals surface area contributed by atoms with E-state index in [0.717, 1.165) is 5.56 Å². The second-order valence-electron chi connectivity index (χ2n) is 2.98. The molecule has 0 amide bonds. The van der Waals surface area contributed by atoms with E-state index in [1.807, 2.05) is 12.1 Å². The van der Waals surface area contributed by atoms with Crippen LogP contribution >= 0.6 is 0 Å². The molecule has 6 N–H and O–H groups in total. The molecular weight excluding hydrogens is 168 g/mol. The summed E-state index contributed by atoms with van der Waals surface area (Å²) >= 11 is 0. The number of benzene rings is 1. The van der Waals surface area contributed by atoms with E-state index >= 15 is 0 Å². The summed E-state index contributed by atoms with van der Waals surface area (Å²) in [5.41, 5.74) is 10.6. The van der Waals surface area contributed by atoms with Crippen LogP contribution in [-0.2, 0) is 11.2 Å². The van der Waals surface area contributed by atoms with Crippen molar-refractivity contribution in [1.82, 2.24) is 0 Å². The van der Waals surface area contributed by atoms with Gasteiger partial charge in [-0.25, -0.2) is 4.79 Å². The number of aliphatic carboxylic acids is 1. The highest BCUT2D eigenvalue weighted by Crippen LogP contribution is 2.06. The molecule has 1 atom stereocenters. The van der Waals surface area contributed by atoms with Crippen molar-refractivity contribution in [2.24, 2.45) is 0 Å². The Bertz CT molecular complexity index is 295. The van der Waals surface area contributed by atoms with Crippen LogP contribution in [0.15, 0.2) is 24.3 Å². The summed E-state index contributed by atoms with van der Waals surface area (Å²) in [4.78, 5) is 10.5. The van der Waals surface area contributed by atoms with E-state index in [4.69, 9.17) is 10.8 Å². The van der Waals surface area contributed by atoms with Gasteiger partial charge in [0.1, 0.15) is 0 Å². The molecular formula is C9H13N2O2+. The third-order valence-electron chi connectivity index (χ3n) is 1.81. The van der Waals surface area contributed by atoms with Crippen molar-refractivity contribution in [3.05, 3.63) is 29.8 Å². The highest BCUT2D eigenvalue weighted by atomic mass is 16.4. The van der Waals surface area contributed by atoms with Crippen LogP contribution in [0.25, 0.3) is 0 Å². The summed E-state index contributed by atoms with van der Waals surface area (Å²) in [7, 11) is 0. The van der Waals surface area contributed by atoms with Crippen LogP contribution in [0, 0.1) is 0 Å². The Balaban J connectivity index is 2.64. The molecule has 1 aromatic carbocycles. The van der Waals surface area contributed by atoms with Crippen molar-refractivity contribution in [3.63, 3.8) is 0 Å². The van der Waals surface area contributed by atoms with Crippen LogP contribution in [-0.4, -0.2) is 17.1 Å². The van der Waals surface area contributed by atoms with Gasteiger partial charge in [0.05, 0.1) is 0 Å². The molecule has 0 radical (unpaired) electrons. The van der Waals surface area contributed by atoms with Crippen molar-refractivity contribution >= 4 is 11.7 Å². The number of carboxylic acids is 1. The predicted molar refractivity (Wildman–Crippen MR) is 48.9 cm³/mol. The molecule has 1 unspecified atom stereocenters. The number of rotatable bonds is 3. The van der Waals surface area contributed by atoms with Crippen LogP contribution in [0.3, 0.4) is 0 Å². The van der Waals surface area contributed by atoms with Crippen LogP contribution in [0.2, 0.25) is 0 Å². The van der Waals surface area contributed by atoms with Gasteiger partial charge in [0, 0.05) is 12.1 Å². The van der Waals surface area contributed by atoms with E-state index in [1.165, 1.54) is 0 Å². The van der Waals surface area contributed by atoms with Crippen LogP contribution in [0.5, 0.6) is 0 Å². The molecule has 0 heterocycles. The third-order valence-corrected chi connectivity index (χ3v) is 1.81. The lowest BCUT2D eigenvalue weighted by Gasteiger charge is -2.03. The first-order valence-corrected chi connectivity index (χ1v) is 4.00. The number of carboxylic acid groups (broad SMARTS) is 1. The maximum absolute atomic E-state index is 10.5. The molecule has 0 aromatic heterocycles. The number of carbonyl (C=O) groups is 1. The van der Waals surface area contributed by atoms with Crippen molar-refractivity contribution < 1.29 is 15.6 Å². The summed E-state index contributed by atoms with van der Waals surface area (Å²) in [6, 6.07) is 6.55. The SMILES string of the molecule is Nc1ccc(CC([NH3+])C(=O)O)cc1. The summed E-state index contributed by atoms with van der Waals surface area (Å²) < 4.78 is 0. The fraction of sp³-hybridized carbons (Fsp3) is 0.222. The van der Waals surface area contributed by atoms with Gasteiger partial charge in [-0.2, -0.15) is 0 Å². The molecule has 13 heavy (non-hydrogen) atoms. The minimum atomic E-state index is -0.878. The minimum absolute atomic E-state index is 0.440. The van der Waals surface area contributed by atoms with Gasteiger partial charge in [-0.15, -0.1) is 0 Å². The summed E-state index contributed by atoms with van der Waals surface area (Å²) in [6.45, 7) is 0. The number of anilines is 1. The lowest BCUT2D eigenvalue weighted by atomic mass is 10.1. The second-order valence-corrected chi connectivity index (χ2v) is 2.98. The monoisotopic (exact) mass is 181 g/mol. The molecule has 0 bridgehead atoms. The molecule has 1 aromatic rings. The normalized spacial score (nSPS) is 12.4. The third kappa shape index (κ3) is 2.76. The number of hydrogen-bond donors (Lipinski definition) is 3. The average Bonchev–Trinajstić information content (AvgIpc) is 2.08. The van der Waals surface area contributed by atoms with Gasteiger partial charge in [0.15, 0.2) is 6.04 Å². The Morgan fingerprint density at radius 1 is 1.46 bits per heavy atom. The van der Waals surface area contributed by atoms with Gasteiger partial charge < -0.3 is 16.6 Å². The number of hydrogen-bond acceptors (Lipinski definition) is 2. The molecule has 0 fully saturated rings. The molecule has 1 rings (SSSR count). The maximum atomic E-state index is 10.5. The van der Waals surface area contributed by atoms with Crippen molar-refractivity contribution in [2.45, 2.75) is 12.5 Å². The lowest BCUT2D eigenvalue weighted by molar-refractivity contribution is -0.407. The molecule has 0 saturated carbocycles. The Kier molecular flexibility index (Phi) is 2.87. The first-order chi connectivity index (χ1) is 6.09. The van der Waals surface area contributed by atoms with Crippen LogP contribution in [0.4, 0.5) is 5.69 Å². The van der Waals surface area contributed by atoms with E-state index in [0.29, 0.717) is 12.1 Å². The van der Waals surface area contributed by atoms with Crippen molar-refractivity contribution in [1.29, 1.82) is 0 Å². The first kappa shape index (κ1) is 9.54. The van der Waals surface area contributed by atoms with Gasteiger partial charge in [-0.3, -0.25) is 0 Å². The maximum Gasteiger partial charge on any atom is 0.362 e. The molecule has 70 valence electrons. The Morgan fingerprint density at radius 3 is 2.46 bits per heavy atom.